The summed E-state index contributed by atoms with van der Waals surface area (Å²) >= 11 is 0. The Balaban J connectivity index is 1.83. The molecule has 0 spiro atoms. The van der Waals surface area contributed by atoms with E-state index in [0.29, 0.717) is 11.5 Å². The molecule has 4 heteroatoms. The molecule has 0 aliphatic heterocycles. The number of phenols is 1. The highest BCUT2D eigenvalue weighted by Gasteiger charge is 2.27. The summed E-state index contributed by atoms with van der Waals surface area (Å²) in [5, 5.41) is 13.5. The van der Waals surface area contributed by atoms with Gasteiger partial charge in [0.25, 0.3) is 0 Å². The van der Waals surface area contributed by atoms with Crippen molar-refractivity contribution in [2.24, 2.45) is 0 Å². The smallest absolute Gasteiger partial charge is 0.124 e. The zero-order valence-corrected chi connectivity index (χ0v) is 12.7. The fourth-order valence-corrected chi connectivity index (χ4v) is 2.59. The number of hydrogen-bond donors (Lipinski definition) is 2. The standard InChI is InChI=1S/C16H26N2O2/c1-4-18(13-5-6-13)10-9-17-12(2)15-8-7-14(20-3)11-16(15)19/h7-8,11-13,17,19H,4-6,9-10H2,1-3H3. The summed E-state index contributed by atoms with van der Waals surface area (Å²) in [6.45, 7) is 7.43. The van der Waals surface area contributed by atoms with Crippen LogP contribution < -0.4 is 10.1 Å². The highest BCUT2D eigenvalue weighted by molar-refractivity contribution is 5.41. The maximum atomic E-state index is 10.0. The van der Waals surface area contributed by atoms with Crippen LogP contribution in [0.25, 0.3) is 0 Å². The van der Waals surface area contributed by atoms with Crippen molar-refractivity contribution in [3.05, 3.63) is 23.8 Å². The Morgan fingerprint density at radius 2 is 2.20 bits per heavy atom. The average molecular weight is 278 g/mol. The van der Waals surface area contributed by atoms with Crippen LogP contribution in [-0.4, -0.2) is 42.8 Å². The van der Waals surface area contributed by atoms with Crippen molar-refractivity contribution in [1.29, 1.82) is 0 Å². The van der Waals surface area contributed by atoms with Gasteiger partial charge in [0, 0.05) is 36.8 Å². The van der Waals surface area contributed by atoms with Gasteiger partial charge in [-0.3, -0.25) is 4.90 Å². The molecule has 112 valence electrons. The minimum Gasteiger partial charge on any atom is -0.507 e. The van der Waals surface area contributed by atoms with Gasteiger partial charge >= 0.3 is 0 Å². The first-order valence-electron chi connectivity index (χ1n) is 7.50. The monoisotopic (exact) mass is 278 g/mol. The van der Waals surface area contributed by atoms with Crippen LogP contribution in [0.4, 0.5) is 0 Å². The number of likely N-dealkylation sites (N-methyl/N-ethyl adjacent to an activating group) is 1. The fourth-order valence-electron chi connectivity index (χ4n) is 2.59. The highest BCUT2D eigenvalue weighted by Crippen LogP contribution is 2.28. The number of nitrogens with one attached hydrogen (secondary N) is 1. The molecule has 2 rings (SSSR count). The van der Waals surface area contributed by atoms with E-state index >= 15 is 0 Å². The summed E-state index contributed by atoms with van der Waals surface area (Å²) in [7, 11) is 1.60. The van der Waals surface area contributed by atoms with Crippen molar-refractivity contribution in [3.63, 3.8) is 0 Å². The Bertz CT molecular complexity index is 432. The number of nitrogens with zero attached hydrogens (tertiary/aromatic N) is 1. The summed E-state index contributed by atoms with van der Waals surface area (Å²) in [6, 6.07) is 6.42. The molecular weight excluding hydrogens is 252 g/mol. The zero-order valence-electron chi connectivity index (χ0n) is 12.7. The molecule has 2 N–H and O–H groups in total. The molecule has 0 saturated heterocycles. The third-order valence-electron chi connectivity index (χ3n) is 4.02. The quantitative estimate of drug-likeness (QED) is 0.767. The van der Waals surface area contributed by atoms with Gasteiger partial charge in [0.2, 0.25) is 0 Å². The van der Waals surface area contributed by atoms with Crippen molar-refractivity contribution < 1.29 is 9.84 Å². The summed E-state index contributed by atoms with van der Waals surface area (Å²) < 4.78 is 5.10. The molecule has 1 aromatic rings. The first kappa shape index (κ1) is 15.1. The molecule has 1 unspecified atom stereocenters. The molecule has 1 aromatic carbocycles. The number of ether oxygens (including phenoxy) is 1. The summed E-state index contributed by atoms with van der Waals surface area (Å²) in [5.41, 5.74) is 0.917. The van der Waals surface area contributed by atoms with E-state index in [-0.39, 0.29) is 6.04 Å². The van der Waals surface area contributed by atoms with Gasteiger partial charge in [-0.2, -0.15) is 0 Å². The van der Waals surface area contributed by atoms with Crippen molar-refractivity contribution in [2.75, 3.05) is 26.7 Å². The number of rotatable bonds is 8. The summed E-state index contributed by atoms with van der Waals surface area (Å²) in [6.07, 6.45) is 2.70. The Morgan fingerprint density at radius 1 is 1.45 bits per heavy atom. The van der Waals surface area contributed by atoms with Crippen LogP contribution in [0.3, 0.4) is 0 Å². The van der Waals surface area contributed by atoms with Crippen molar-refractivity contribution in [2.45, 2.75) is 38.8 Å². The maximum absolute atomic E-state index is 10.0. The predicted octanol–water partition coefficient (Wildman–Crippen LogP) is 2.54. The lowest BCUT2D eigenvalue weighted by atomic mass is 10.1. The van der Waals surface area contributed by atoms with Crippen molar-refractivity contribution in [1.82, 2.24) is 10.2 Å². The second-order valence-electron chi connectivity index (χ2n) is 5.46. The van der Waals surface area contributed by atoms with Crippen LogP contribution in [0.5, 0.6) is 11.5 Å². The maximum Gasteiger partial charge on any atom is 0.124 e. The van der Waals surface area contributed by atoms with E-state index in [1.165, 1.54) is 12.8 Å². The van der Waals surface area contributed by atoms with Gasteiger partial charge in [-0.15, -0.1) is 0 Å². The Morgan fingerprint density at radius 3 is 2.75 bits per heavy atom. The van der Waals surface area contributed by atoms with Crippen LogP contribution in [0.1, 0.15) is 38.3 Å². The summed E-state index contributed by atoms with van der Waals surface area (Å²) in [4.78, 5) is 2.52. The lowest BCUT2D eigenvalue weighted by Gasteiger charge is -2.22. The van der Waals surface area contributed by atoms with Crippen LogP contribution >= 0.6 is 0 Å². The minimum absolute atomic E-state index is 0.138. The van der Waals surface area contributed by atoms with E-state index in [1.807, 2.05) is 12.1 Å². The van der Waals surface area contributed by atoms with Crippen molar-refractivity contribution >= 4 is 0 Å². The van der Waals surface area contributed by atoms with E-state index in [2.05, 4.69) is 24.1 Å². The SMILES string of the molecule is CCN(CCNC(C)c1ccc(OC)cc1O)C1CC1. The number of methoxy groups -OCH3 is 1. The Labute approximate surface area is 121 Å². The highest BCUT2D eigenvalue weighted by atomic mass is 16.5. The van der Waals surface area contributed by atoms with Crippen LogP contribution in [0.2, 0.25) is 0 Å². The van der Waals surface area contributed by atoms with Gasteiger partial charge in [0.05, 0.1) is 7.11 Å². The molecule has 0 bridgehead atoms. The molecular formula is C16H26N2O2. The zero-order chi connectivity index (χ0) is 14.5. The van der Waals surface area contributed by atoms with Crippen LogP contribution in [0.15, 0.2) is 18.2 Å². The molecule has 4 nitrogen and oxygen atoms in total. The topological polar surface area (TPSA) is 44.7 Å². The molecule has 0 amide bonds. The van der Waals surface area contributed by atoms with Gasteiger partial charge in [-0.05, 0) is 32.4 Å². The van der Waals surface area contributed by atoms with E-state index in [9.17, 15) is 5.11 Å². The van der Waals surface area contributed by atoms with Gasteiger partial charge in [0.15, 0.2) is 0 Å². The van der Waals surface area contributed by atoms with E-state index in [4.69, 9.17) is 4.74 Å². The second kappa shape index (κ2) is 6.95. The van der Waals surface area contributed by atoms with E-state index in [1.54, 1.807) is 13.2 Å². The van der Waals surface area contributed by atoms with Crippen molar-refractivity contribution in [3.8, 4) is 11.5 Å². The molecule has 1 aliphatic rings. The Kier molecular flexibility index (Phi) is 5.26. The molecule has 20 heavy (non-hydrogen) atoms. The number of hydrogen-bond acceptors (Lipinski definition) is 4. The lowest BCUT2D eigenvalue weighted by molar-refractivity contribution is 0.273. The average Bonchev–Trinajstić information content (AvgIpc) is 3.27. The lowest BCUT2D eigenvalue weighted by Crippen LogP contribution is -2.34. The van der Waals surface area contributed by atoms with E-state index in [0.717, 1.165) is 31.2 Å². The van der Waals surface area contributed by atoms with Gasteiger partial charge in [-0.25, -0.2) is 0 Å². The predicted molar refractivity (Wildman–Crippen MR) is 81.3 cm³/mol. The van der Waals surface area contributed by atoms with E-state index < -0.39 is 0 Å². The number of phenolic OH excluding ortho intramolecular Hbond substituents is 1. The number of benzene rings is 1. The molecule has 0 radical (unpaired) electrons. The largest absolute Gasteiger partial charge is 0.507 e. The normalized spacial score (nSPS) is 16.4. The fraction of sp³-hybridized carbons (Fsp3) is 0.625. The van der Waals surface area contributed by atoms with Gasteiger partial charge in [0.1, 0.15) is 11.5 Å². The third kappa shape index (κ3) is 3.87. The number of aromatic hydroxyl groups is 1. The molecule has 1 atom stereocenters. The first-order chi connectivity index (χ1) is 9.65. The molecule has 1 saturated carbocycles. The molecule has 1 aliphatic carbocycles. The summed E-state index contributed by atoms with van der Waals surface area (Å²) in [5.74, 6) is 0.975. The molecule has 0 heterocycles. The van der Waals surface area contributed by atoms with Gasteiger partial charge < -0.3 is 15.2 Å². The second-order valence-corrected chi connectivity index (χ2v) is 5.46. The molecule has 1 fully saturated rings. The third-order valence-corrected chi connectivity index (χ3v) is 4.02. The first-order valence-corrected chi connectivity index (χ1v) is 7.50. The van der Waals surface area contributed by atoms with Crippen LogP contribution in [-0.2, 0) is 0 Å². The Hall–Kier alpha value is -1.26. The van der Waals surface area contributed by atoms with Crippen LogP contribution in [0, 0.1) is 0 Å². The molecule has 0 aromatic heterocycles. The van der Waals surface area contributed by atoms with Gasteiger partial charge in [-0.1, -0.05) is 13.0 Å². The minimum atomic E-state index is 0.138.